The molecule has 3 aromatic rings. The topological polar surface area (TPSA) is 179 Å². The van der Waals surface area contributed by atoms with Crippen LogP contribution < -0.4 is 15.8 Å². The number of carbonyl (C=O) groups is 3. The number of fused-ring (bicyclic) bond motifs is 1. The van der Waals surface area contributed by atoms with Crippen molar-refractivity contribution in [3.05, 3.63) is 36.7 Å². The van der Waals surface area contributed by atoms with Gasteiger partial charge in [0.2, 0.25) is 5.95 Å². The van der Waals surface area contributed by atoms with Gasteiger partial charge in [0.05, 0.1) is 12.4 Å². The van der Waals surface area contributed by atoms with Crippen molar-refractivity contribution >= 4 is 40.8 Å². The van der Waals surface area contributed by atoms with Gasteiger partial charge in [-0.1, -0.05) is 18.2 Å². The van der Waals surface area contributed by atoms with E-state index in [1.165, 1.54) is 31.7 Å². The number of nitrogens with one attached hydrogen (secondary N) is 1. The Bertz CT molecular complexity index is 1330. The van der Waals surface area contributed by atoms with Gasteiger partial charge < -0.3 is 34.7 Å². The van der Waals surface area contributed by atoms with Gasteiger partial charge in [-0.25, -0.2) is 4.98 Å². The number of rotatable bonds is 10. The Kier molecular flexibility index (Phi) is 8.44. The second kappa shape index (κ2) is 11.9. The molecule has 3 heterocycles. The van der Waals surface area contributed by atoms with Gasteiger partial charge >= 0.3 is 17.9 Å². The first-order chi connectivity index (χ1) is 18.6. The summed E-state index contributed by atoms with van der Waals surface area (Å²) in [6.07, 6.45) is -2.72. The molecule has 14 heteroatoms. The summed E-state index contributed by atoms with van der Waals surface area (Å²) in [4.78, 5) is 48.3. The van der Waals surface area contributed by atoms with Crippen molar-refractivity contribution in [2.75, 3.05) is 24.3 Å². The second-order valence-electron chi connectivity index (χ2n) is 8.94. The van der Waals surface area contributed by atoms with Crippen LogP contribution in [0.1, 0.15) is 33.9 Å². The van der Waals surface area contributed by atoms with E-state index in [0.29, 0.717) is 17.9 Å². The number of nitrogens with zero attached hydrogens (tertiary/aromatic N) is 4. The van der Waals surface area contributed by atoms with Gasteiger partial charge in [0.1, 0.15) is 25.1 Å². The minimum absolute atomic E-state index is 0.0436. The van der Waals surface area contributed by atoms with E-state index in [4.69, 9.17) is 29.4 Å². The summed E-state index contributed by atoms with van der Waals surface area (Å²) in [7, 11) is 0. The highest BCUT2D eigenvalue weighted by Crippen LogP contribution is 2.36. The minimum Gasteiger partial charge on any atom is -0.491 e. The number of hydrogen-bond donors (Lipinski definition) is 2. The fourth-order valence-electron chi connectivity index (χ4n) is 4.15. The lowest BCUT2D eigenvalue weighted by Crippen LogP contribution is -2.40. The zero-order valence-corrected chi connectivity index (χ0v) is 21.9. The van der Waals surface area contributed by atoms with Gasteiger partial charge in [0.15, 0.2) is 35.4 Å². The van der Waals surface area contributed by atoms with Gasteiger partial charge in [-0.2, -0.15) is 9.97 Å². The molecule has 1 unspecified atom stereocenters. The Morgan fingerprint density at radius 2 is 1.74 bits per heavy atom. The lowest BCUT2D eigenvalue weighted by atomic mass is 10.1. The number of imidazole rings is 1. The van der Waals surface area contributed by atoms with Crippen molar-refractivity contribution in [1.82, 2.24) is 19.5 Å². The van der Waals surface area contributed by atoms with Crippen molar-refractivity contribution < 1.29 is 38.1 Å². The van der Waals surface area contributed by atoms with Crippen molar-refractivity contribution in [1.29, 1.82) is 0 Å². The van der Waals surface area contributed by atoms with Gasteiger partial charge in [-0.05, 0) is 19.1 Å². The van der Waals surface area contributed by atoms with Crippen LogP contribution in [-0.2, 0) is 33.3 Å². The van der Waals surface area contributed by atoms with Gasteiger partial charge in [0.25, 0.3) is 0 Å². The average Bonchev–Trinajstić information content (AvgIpc) is 3.43. The summed E-state index contributed by atoms with van der Waals surface area (Å²) in [5.74, 6) is -0.777. The van der Waals surface area contributed by atoms with Crippen molar-refractivity contribution in [3.8, 4) is 5.75 Å². The molecular formula is C25H30N6O8. The number of hydrogen-bond acceptors (Lipinski definition) is 13. The molecule has 0 radical (unpaired) electrons. The van der Waals surface area contributed by atoms with E-state index in [-0.39, 0.29) is 24.2 Å². The van der Waals surface area contributed by atoms with Crippen LogP contribution in [-0.4, -0.2) is 75.0 Å². The first-order valence-corrected chi connectivity index (χ1v) is 12.2. The Labute approximate surface area is 223 Å². The SMILES string of the molecule is CC(=O)OC[C@H]1O[C@@H](n2cnc3c(NC(C)COc4ccccc4)nc(N)nc32)[C@H](OC(C)=O)[C@@H]1OC(C)=O. The van der Waals surface area contributed by atoms with Crippen LogP contribution in [0.25, 0.3) is 11.2 Å². The Hall–Kier alpha value is -4.46. The lowest BCUT2D eigenvalue weighted by Gasteiger charge is -2.23. The molecule has 4 rings (SSSR count). The molecule has 5 atom stereocenters. The summed E-state index contributed by atoms with van der Waals surface area (Å²) in [6, 6.07) is 9.18. The molecule has 208 valence electrons. The molecular weight excluding hydrogens is 512 g/mol. The molecule has 14 nitrogen and oxygen atoms in total. The fourth-order valence-corrected chi connectivity index (χ4v) is 4.15. The molecule has 0 saturated carbocycles. The Morgan fingerprint density at radius 3 is 2.41 bits per heavy atom. The summed E-state index contributed by atoms with van der Waals surface area (Å²) in [5.41, 5.74) is 6.67. The number of ether oxygens (including phenoxy) is 5. The second-order valence-corrected chi connectivity index (χ2v) is 8.94. The molecule has 3 N–H and O–H groups in total. The standard InChI is InChI=1S/C25H30N6O8/c1-13(10-36-17-8-6-5-7-9-17)28-22-19-23(30-25(26)29-22)31(12-27-19)24-21(38-16(4)34)20(37-15(3)33)18(39-24)11-35-14(2)32/h5-9,12-13,18,20-21,24H,10-11H2,1-4H3,(H3,26,28,29,30)/t13?,18-,20-,21-,24-/m1/s1. The summed E-state index contributed by atoms with van der Waals surface area (Å²) in [6.45, 7) is 5.66. The summed E-state index contributed by atoms with van der Waals surface area (Å²) in [5, 5.41) is 3.23. The molecule has 1 fully saturated rings. The third kappa shape index (κ3) is 6.71. The molecule has 1 aromatic carbocycles. The largest absolute Gasteiger partial charge is 0.491 e. The van der Waals surface area contributed by atoms with Crippen LogP contribution in [0.2, 0.25) is 0 Å². The number of aromatic nitrogens is 4. The number of esters is 3. The number of benzene rings is 1. The maximum atomic E-state index is 12.0. The van der Waals surface area contributed by atoms with Crippen LogP contribution in [0.3, 0.4) is 0 Å². The van der Waals surface area contributed by atoms with E-state index in [1.807, 2.05) is 37.3 Å². The zero-order chi connectivity index (χ0) is 28.1. The molecule has 1 aliphatic rings. The number of nitrogens with two attached hydrogens (primary N) is 1. The molecule has 1 aliphatic heterocycles. The lowest BCUT2D eigenvalue weighted by molar-refractivity contribution is -0.166. The maximum absolute atomic E-state index is 12.0. The highest BCUT2D eigenvalue weighted by atomic mass is 16.7. The Balaban J connectivity index is 1.63. The molecule has 0 amide bonds. The van der Waals surface area contributed by atoms with Gasteiger partial charge in [-0.3, -0.25) is 19.0 Å². The predicted octanol–water partition coefficient (Wildman–Crippen LogP) is 1.61. The van der Waals surface area contributed by atoms with E-state index in [0.717, 1.165) is 5.75 Å². The van der Waals surface area contributed by atoms with E-state index < -0.39 is 42.4 Å². The molecule has 0 spiro atoms. The monoisotopic (exact) mass is 542 g/mol. The third-order valence-electron chi connectivity index (χ3n) is 5.68. The molecule has 1 saturated heterocycles. The van der Waals surface area contributed by atoms with Crippen molar-refractivity contribution in [2.24, 2.45) is 0 Å². The van der Waals surface area contributed by atoms with Gasteiger partial charge in [0, 0.05) is 20.8 Å². The molecule has 0 bridgehead atoms. The average molecular weight is 543 g/mol. The van der Waals surface area contributed by atoms with Crippen LogP contribution in [0.4, 0.5) is 11.8 Å². The van der Waals surface area contributed by atoms with Crippen molar-refractivity contribution in [2.45, 2.75) is 58.3 Å². The predicted molar refractivity (Wildman–Crippen MR) is 136 cm³/mol. The van der Waals surface area contributed by atoms with E-state index >= 15 is 0 Å². The van der Waals surface area contributed by atoms with Crippen LogP contribution >= 0.6 is 0 Å². The van der Waals surface area contributed by atoms with E-state index in [1.54, 1.807) is 0 Å². The maximum Gasteiger partial charge on any atom is 0.303 e. The fraction of sp³-hybridized carbons (Fsp3) is 0.440. The third-order valence-corrected chi connectivity index (χ3v) is 5.68. The summed E-state index contributed by atoms with van der Waals surface area (Å²) >= 11 is 0. The van der Waals surface area contributed by atoms with Gasteiger partial charge in [-0.15, -0.1) is 0 Å². The number of carbonyl (C=O) groups excluding carboxylic acids is 3. The molecule has 39 heavy (non-hydrogen) atoms. The number of nitrogen functional groups attached to an aromatic ring is 1. The number of para-hydroxylation sites is 1. The molecule has 2 aromatic heterocycles. The smallest absolute Gasteiger partial charge is 0.303 e. The quantitative estimate of drug-likeness (QED) is 0.279. The molecule has 0 aliphatic carbocycles. The highest BCUT2D eigenvalue weighted by molar-refractivity contribution is 5.84. The van der Waals surface area contributed by atoms with Crippen LogP contribution in [0.5, 0.6) is 5.75 Å². The number of anilines is 2. The zero-order valence-electron chi connectivity index (χ0n) is 21.9. The van der Waals surface area contributed by atoms with Crippen LogP contribution in [0, 0.1) is 0 Å². The van der Waals surface area contributed by atoms with E-state index in [2.05, 4.69) is 20.3 Å². The first kappa shape index (κ1) is 27.6. The van der Waals surface area contributed by atoms with Crippen molar-refractivity contribution in [3.63, 3.8) is 0 Å². The van der Waals surface area contributed by atoms with E-state index in [9.17, 15) is 14.4 Å². The normalized spacial score (nSPS) is 21.2. The highest BCUT2D eigenvalue weighted by Gasteiger charge is 2.51. The summed E-state index contributed by atoms with van der Waals surface area (Å²) < 4.78 is 29.4. The van der Waals surface area contributed by atoms with Crippen LogP contribution in [0.15, 0.2) is 36.7 Å². The first-order valence-electron chi connectivity index (χ1n) is 12.2. The Morgan fingerprint density at radius 1 is 1.05 bits per heavy atom. The minimum atomic E-state index is -1.10.